The molecule has 6 heteroatoms. The van der Waals surface area contributed by atoms with Crippen LogP contribution in [-0.4, -0.2) is 30.8 Å². The molecule has 1 saturated carbocycles. The maximum atomic E-state index is 11.3. The summed E-state index contributed by atoms with van der Waals surface area (Å²) in [5, 5.41) is 9.23. The number of fused-ring (bicyclic) bond motifs is 1. The molecule has 20 heavy (non-hydrogen) atoms. The van der Waals surface area contributed by atoms with Crippen molar-refractivity contribution in [2.75, 3.05) is 19.8 Å². The van der Waals surface area contributed by atoms with Crippen LogP contribution < -0.4 is 15.2 Å². The number of carboxylic acid groups (broad SMARTS) is 1. The molecule has 108 valence electrons. The maximum absolute atomic E-state index is 11.3. The molecule has 1 fully saturated rings. The van der Waals surface area contributed by atoms with E-state index < -0.39 is 11.9 Å². The highest BCUT2D eigenvalue weighted by Gasteiger charge is 2.46. The lowest BCUT2D eigenvalue weighted by Crippen LogP contribution is -2.21. The van der Waals surface area contributed by atoms with Gasteiger partial charge in [0, 0.05) is 16.4 Å². The van der Waals surface area contributed by atoms with Gasteiger partial charge in [-0.25, -0.2) is 0 Å². The molecule has 5 nitrogen and oxygen atoms in total. The van der Waals surface area contributed by atoms with Crippen LogP contribution in [0, 0.1) is 5.41 Å². The lowest BCUT2D eigenvalue weighted by Gasteiger charge is -2.15. The Bertz CT molecular complexity index is 556. The van der Waals surface area contributed by atoms with Gasteiger partial charge in [0.1, 0.15) is 0 Å². The normalized spacial score (nSPS) is 20.3. The number of halogens is 1. The van der Waals surface area contributed by atoms with Gasteiger partial charge in [0.15, 0.2) is 11.5 Å². The van der Waals surface area contributed by atoms with Crippen molar-refractivity contribution in [3.05, 3.63) is 22.2 Å². The number of hydrogen-bond acceptors (Lipinski definition) is 4. The summed E-state index contributed by atoms with van der Waals surface area (Å²) in [5.74, 6) is -0.435. The summed E-state index contributed by atoms with van der Waals surface area (Å²) in [6, 6.07) is 3.50. The molecule has 1 aliphatic heterocycles. The quantitative estimate of drug-likeness (QED) is 0.879. The van der Waals surface area contributed by atoms with Crippen molar-refractivity contribution in [3.8, 4) is 11.5 Å². The SMILES string of the molecule is NCC(C(=O)O)c1cc2c(cc1Br)OCC1(CC1)CO2. The van der Waals surface area contributed by atoms with Crippen molar-refractivity contribution in [1.29, 1.82) is 0 Å². The number of benzene rings is 1. The van der Waals surface area contributed by atoms with Gasteiger partial charge in [-0.3, -0.25) is 4.79 Å². The number of aliphatic carboxylic acids is 1. The number of carbonyl (C=O) groups is 1. The van der Waals surface area contributed by atoms with Crippen LogP contribution in [0.3, 0.4) is 0 Å². The Morgan fingerprint density at radius 1 is 1.35 bits per heavy atom. The Kier molecular flexibility index (Phi) is 3.38. The summed E-state index contributed by atoms with van der Waals surface area (Å²) < 4.78 is 12.3. The van der Waals surface area contributed by atoms with E-state index in [2.05, 4.69) is 15.9 Å². The first-order chi connectivity index (χ1) is 9.54. The fourth-order valence-corrected chi connectivity index (χ4v) is 2.97. The molecule has 1 spiro atoms. The van der Waals surface area contributed by atoms with E-state index in [0.717, 1.165) is 12.8 Å². The first-order valence-electron chi connectivity index (χ1n) is 6.57. The van der Waals surface area contributed by atoms with Gasteiger partial charge in [0.2, 0.25) is 0 Å². The summed E-state index contributed by atoms with van der Waals surface area (Å²) >= 11 is 3.40. The van der Waals surface area contributed by atoms with E-state index in [1.807, 2.05) is 0 Å². The topological polar surface area (TPSA) is 81.8 Å². The lowest BCUT2D eigenvalue weighted by molar-refractivity contribution is -0.138. The minimum Gasteiger partial charge on any atom is -0.489 e. The third-order valence-electron chi connectivity index (χ3n) is 4.00. The highest BCUT2D eigenvalue weighted by Crippen LogP contribution is 2.49. The fraction of sp³-hybridized carbons (Fsp3) is 0.500. The van der Waals surface area contributed by atoms with E-state index >= 15 is 0 Å². The Hall–Kier alpha value is -1.27. The molecule has 1 heterocycles. The molecular formula is C14H16BrNO4. The monoisotopic (exact) mass is 341 g/mol. The van der Waals surface area contributed by atoms with E-state index in [1.165, 1.54) is 0 Å². The Balaban J connectivity index is 1.95. The summed E-state index contributed by atoms with van der Waals surface area (Å²) in [6.45, 7) is 1.32. The summed E-state index contributed by atoms with van der Waals surface area (Å²) in [5.41, 5.74) is 6.34. The zero-order valence-corrected chi connectivity index (χ0v) is 12.5. The molecule has 0 saturated heterocycles. The highest BCUT2D eigenvalue weighted by atomic mass is 79.9. The minimum absolute atomic E-state index is 0.0392. The zero-order valence-electron chi connectivity index (χ0n) is 10.9. The number of rotatable bonds is 3. The van der Waals surface area contributed by atoms with Gasteiger partial charge in [-0.2, -0.15) is 0 Å². The van der Waals surface area contributed by atoms with Crippen molar-refractivity contribution in [1.82, 2.24) is 0 Å². The molecule has 1 atom stereocenters. The van der Waals surface area contributed by atoms with Gasteiger partial charge >= 0.3 is 5.97 Å². The smallest absolute Gasteiger partial charge is 0.312 e. The molecule has 3 rings (SSSR count). The standard InChI is InChI=1S/C14H16BrNO4/c15-10-4-12-11(3-8(10)9(5-16)13(17)18)19-6-14(1-2-14)7-20-12/h3-4,9H,1-2,5-7,16H2,(H,17,18). The molecule has 1 aromatic rings. The van der Waals surface area contributed by atoms with Gasteiger partial charge in [-0.15, -0.1) is 0 Å². The first-order valence-corrected chi connectivity index (χ1v) is 7.36. The van der Waals surface area contributed by atoms with Crippen LogP contribution in [-0.2, 0) is 4.79 Å². The fourth-order valence-electron chi connectivity index (χ4n) is 2.37. The van der Waals surface area contributed by atoms with Gasteiger partial charge in [-0.1, -0.05) is 15.9 Å². The van der Waals surface area contributed by atoms with E-state index in [-0.39, 0.29) is 12.0 Å². The Morgan fingerprint density at radius 2 is 1.95 bits per heavy atom. The van der Waals surface area contributed by atoms with Crippen molar-refractivity contribution in [3.63, 3.8) is 0 Å². The van der Waals surface area contributed by atoms with Crippen LogP contribution in [0.5, 0.6) is 11.5 Å². The average molecular weight is 342 g/mol. The minimum atomic E-state index is -0.943. The van der Waals surface area contributed by atoms with Crippen molar-refractivity contribution < 1.29 is 19.4 Å². The second-order valence-electron chi connectivity index (χ2n) is 5.52. The Labute approximate surface area is 125 Å². The second kappa shape index (κ2) is 4.93. The predicted molar refractivity (Wildman–Crippen MR) is 76.2 cm³/mol. The van der Waals surface area contributed by atoms with Crippen LogP contribution in [0.4, 0.5) is 0 Å². The van der Waals surface area contributed by atoms with Gasteiger partial charge in [0.05, 0.1) is 19.1 Å². The molecule has 0 bridgehead atoms. The van der Waals surface area contributed by atoms with E-state index in [9.17, 15) is 9.90 Å². The molecule has 1 aromatic carbocycles. The van der Waals surface area contributed by atoms with Crippen molar-refractivity contribution in [2.45, 2.75) is 18.8 Å². The molecule has 1 aliphatic carbocycles. The van der Waals surface area contributed by atoms with Crippen LogP contribution >= 0.6 is 15.9 Å². The number of nitrogens with two attached hydrogens (primary N) is 1. The van der Waals surface area contributed by atoms with E-state index in [4.69, 9.17) is 15.2 Å². The summed E-state index contributed by atoms with van der Waals surface area (Å²) in [6.07, 6.45) is 2.24. The zero-order chi connectivity index (χ0) is 14.3. The van der Waals surface area contributed by atoms with E-state index in [0.29, 0.717) is 34.7 Å². The summed E-state index contributed by atoms with van der Waals surface area (Å²) in [7, 11) is 0. The molecule has 0 aromatic heterocycles. The molecule has 1 unspecified atom stereocenters. The van der Waals surface area contributed by atoms with E-state index in [1.54, 1.807) is 12.1 Å². The first kappa shape index (κ1) is 13.7. The predicted octanol–water partition coefficient (Wildman–Crippen LogP) is 2.13. The number of hydrogen-bond donors (Lipinski definition) is 2. The number of ether oxygens (including phenoxy) is 2. The molecule has 2 aliphatic rings. The van der Waals surface area contributed by atoms with Crippen molar-refractivity contribution in [2.24, 2.45) is 11.1 Å². The number of carboxylic acids is 1. The highest BCUT2D eigenvalue weighted by molar-refractivity contribution is 9.10. The van der Waals surface area contributed by atoms with Gasteiger partial charge < -0.3 is 20.3 Å². The molecule has 0 radical (unpaired) electrons. The van der Waals surface area contributed by atoms with Crippen LogP contribution in [0.2, 0.25) is 0 Å². The van der Waals surface area contributed by atoms with Crippen LogP contribution in [0.15, 0.2) is 16.6 Å². The Morgan fingerprint density at radius 3 is 2.45 bits per heavy atom. The third kappa shape index (κ3) is 2.38. The largest absolute Gasteiger partial charge is 0.489 e. The lowest BCUT2D eigenvalue weighted by atomic mass is 9.99. The van der Waals surface area contributed by atoms with Crippen LogP contribution in [0.25, 0.3) is 0 Å². The van der Waals surface area contributed by atoms with Gasteiger partial charge in [0.25, 0.3) is 0 Å². The maximum Gasteiger partial charge on any atom is 0.312 e. The molecular weight excluding hydrogens is 326 g/mol. The van der Waals surface area contributed by atoms with Crippen molar-refractivity contribution >= 4 is 21.9 Å². The molecule has 0 amide bonds. The van der Waals surface area contributed by atoms with Gasteiger partial charge in [-0.05, 0) is 30.5 Å². The molecule has 3 N–H and O–H groups in total. The summed E-state index contributed by atoms with van der Waals surface area (Å²) in [4.78, 5) is 11.3. The third-order valence-corrected chi connectivity index (χ3v) is 4.68. The van der Waals surface area contributed by atoms with Crippen LogP contribution in [0.1, 0.15) is 24.3 Å². The second-order valence-corrected chi connectivity index (χ2v) is 6.38. The average Bonchev–Trinajstić information content (AvgIpc) is 3.19.